The average Bonchev–Trinajstić information content (AvgIpc) is 2.62. The number of alkyl halides is 3. The number of nitrogens with one attached hydrogen (secondary N) is 1. The first-order valence-corrected chi connectivity index (χ1v) is 8.39. The third-order valence-electron chi connectivity index (χ3n) is 4.48. The Morgan fingerprint density at radius 2 is 1.88 bits per heavy atom. The SMILES string of the molecule is CC1CCN(c2cc(NC(=O)c3ccccc3C(F)(F)F)ncn2)CC1. The quantitative estimate of drug-likeness (QED) is 0.895. The molecule has 0 bridgehead atoms. The fourth-order valence-corrected chi connectivity index (χ4v) is 2.94. The summed E-state index contributed by atoms with van der Waals surface area (Å²) in [4.78, 5) is 22.6. The molecule has 3 rings (SSSR count). The average molecular weight is 364 g/mol. The molecule has 0 radical (unpaired) electrons. The number of halogens is 3. The number of amides is 1. The molecule has 5 nitrogen and oxygen atoms in total. The van der Waals surface area contributed by atoms with E-state index in [9.17, 15) is 18.0 Å². The number of piperidine rings is 1. The second-order valence-electron chi connectivity index (χ2n) is 6.43. The van der Waals surface area contributed by atoms with Gasteiger partial charge in [-0.15, -0.1) is 0 Å². The molecule has 0 unspecified atom stereocenters. The molecule has 0 spiro atoms. The van der Waals surface area contributed by atoms with Crippen LogP contribution in [0.2, 0.25) is 0 Å². The fraction of sp³-hybridized carbons (Fsp3) is 0.389. The van der Waals surface area contributed by atoms with E-state index in [1.165, 1.54) is 18.5 Å². The summed E-state index contributed by atoms with van der Waals surface area (Å²) in [5, 5.41) is 2.44. The highest BCUT2D eigenvalue weighted by molar-refractivity contribution is 6.05. The Bertz CT molecular complexity index is 786. The standard InChI is InChI=1S/C18H19F3N4O/c1-12-6-8-25(9-7-12)16-10-15(22-11-23-16)24-17(26)13-4-2-3-5-14(13)18(19,20)21/h2-5,10-12H,6-9H2,1H3,(H,22,23,24,26). The lowest BCUT2D eigenvalue weighted by molar-refractivity contribution is -0.137. The second-order valence-corrected chi connectivity index (χ2v) is 6.43. The second kappa shape index (κ2) is 7.31. The number of hydrogen-bond donors (Lipinski definition) is 1. The van der Waals surface area contributed by atoms with Crippen LogP contribution in [0.3, 0.4) is 0 Å². The topological polar surface area (TPSA) is 58.1 Å². The van der Waals surface area contributed by atoms with Crippen molar-refractivity contribution in [3.8, 4) is 0 Å². The Balaban J connectivity index is 1.78. The Morgan fingerprint density at radius 3 is 2.58 bits per heavy atom. The minimum atomic E-state index is -4.60. The van der Waals surface area contributed by atoms with Crippen molar-refractivity contribution < 1.29 is 18.0 Å². The van der Waals surface area contributed by atoms with Gasteiger partial charge in [0.2, 0.25) is 0 Å². The molecule has 2 heterocycles. The van der Waals surface area contributed by atoms with Crippen LogP contribution in [0.25, 0.3) is 0 Å². The third kappa shape index (κ3) is 4.12. The molecule has 8 heteroatoms. The summed E-state index contributed by atoms with van der Waals surface area (Å²) < 4.78 is 39.2. The number of hydrogen-bond acceptors (Lipinski definition) is 4. The largest absolute Gasteiger partial charge is 0.417 e. The van der Waals surface area contributed by atoms with Gasteiger partial charge in [-0.05, 0) is 30.9 Å². The van der Waals surface area contributed by atoms with Gasteiger partial charge in [0.15, 0.2) is 0 Å². The van der Waals surface area contributed by atoms with E-state index in [4.69, 9.17) is 0 Å². The van der Waals surface area contributed by atoms with E-state index in [2.05, 4.69) is 27.1 Å². The van der Waals surface area contributed by atoms with Gasteiger partial charge >= 0.3 is 6.18 Å². The van der Waals surface area contributed by atoms with Gasteiger partial charge in [0.05, 0.1) is 11.1 Å². The van der Waals surface area contributed by atoms with Gasteiger partial charge in [0, 0.05) is 19.2 Å². The highest BCUT2D eigenvalue weighted by atomic mass is 19.4. The number of rotatable bonds is 3. The first kappa shape index (κ1) is 18.2. The van der Waals surface area contributed by atoms with Gasteiger partial charge in [-0.25, -0.2) is 9.97 Å². The summed E-state index contributed by atoms with van der Waals surface area (Å²) in [6.07, 6.45) is -1.21. The zero-order valence-electron chi connectivity index (χ0n) is 14.3. The number of benzene rings is 1. The number of nitrogens with zero attached hydrogens (tertiary/aromatic N) is 3. The molecule has 1 N–H and O–H groups in total. The predicted octanol–water partition coefficient (Wildman–Crippen LogP) is 3.98. The van der Waals surface area contributed by atoms with Crippen molar-refractivity contribution in [2.24, 2.45) is 5.92 Å². The van der Waals surface area contributed by atoms with Gasteiger partial charge in [0.1, 0.15) is 18.0 Å². The number of anilines is 2. The van der Waals surface area contributed by atoms with Crippen LogP contribution in [0, 0.1) is 5.92 Å². The maximum Gasteiger partial charge on any atom is 0.417 e. The minimum Gasteiger partial charge on any atom is -0.356 e. The van der Waals surface area contributed by atoms with Crippen LogP contribution >= 0.6 is 0 Å². The van der Waals surface area contributed by atoms with E-state index in [0.29, 0.717) is 11.7 Å². The highest BCUT2D eigenvalue weighted by Gasteiger charge is 2.34. The molecule has 1 saturated heterocycles. The van der Waals surface area contributed by atoms with Gasteiger partial charge < -0.3 is 10.2 Å². The van der Waals surface area contributed by atoms with Crippen LogP contribution in [0.15, 0.2) is 36.7 Å². The van der Waals surface area contributed by atoms with Crippen LogP contribution in [0.4, 0.5) is 24.8 Å². The maximum absolute atomic E-state index is 13.1. The fourth-order valence-electron chi connectivity index (χ4n) is 2.94. The summed E-state index contributed by atoms with van der Waals surface area (Å²) in [6.45, 7) is 3.89. The number of aromatic nitrogens is 2. The molecular formula is C18H19F3N4O. The van der Waals surface area contributed by atoms with Crippen LogP contribution < -0.4 is 10.2 Å². The van der Waals surface area contributed by atoms with E-state index in [1.54, 1.807) is 6.07 Å². The van der Waals surface area contributed by atoms with Gasteiger partial charge in [-0.2, -0.15) is 13.2 Å². The molecule has 138 valence electrons. The lowest BCUT2D eigenvalue weighted by Crippen LogP contribution is -2.33. The molecule has 1 fully saturated rings. The van der Waals surface area contributed by atoms with E-state index >= 15 is 0 Å². The smallest absolute Gasteiger partial charge is 0.356 e. The summed E-state index contributed by atoms with van der Waals surface area (Å²) in [5.41, 5.74) is -1.41. The van der Waals surface area contributed by atoms with Gasteiger partial charge in [-0.1, -0.05) is 19.1 Å². The molecule has 26 heavy (non-hydrogen) atoms. The Hall–Kier alpha value is -2.64. The van der Waals surface area contributed by atoms with E-state index < -0.39 is 23.2 Å². The molecule has 1 amide bonds. The van der Waals surface area contributed by atoms with Crippen LogP contribution in [0.5, 0.6) is 0 Å². The van der Waals surface area contributed by atoms with Gasteiger partial charge in [-0.3, -0.25) is 4.79 Å². The molecule has 1 aromatic heterocycles. The lowest BCUT2D eigenvalue weighted by atomic mass is 9.99. The van der Waals surface area contributed by atoms with Gasteiger partial charge in [0.25, 0.3) is 5.91 Å². The van der Waals surface area contributed by atoms with Crippen molar-refractivity contribution >= 4 is 17.5 Å². The molecule has 0 saturated carbocycles. The summed E-state index contributed by atoms with van der Waals surface area (Å²) in [6, 6.07) is 6.26. The third-order valence-corrected chi connectivity index (χ3v) is 4.48. The Labute approximate surface area is 149 Å². The molecule has 1 aromatic carbocycles. The monoisotopic (exact) mass is 364 g/mol. The molecule has 1 aliphatic heterocycles. The van der Waals surface area contributed by atoms with E-state index in [-0.39, 0.29) is 5.82 Å². The Morgan fingerprint density at radius 1 is 1.19 bits per heavy atom. The molecule has 0 aliphatic carbocycles. The summed E-state index contributed by atoms with van der Waals surface area (Å²) >= 11 is 0. The molecular weight excluding hydrogens is 345 g/mol. The van der Waals surface area contributed by atoms with E-state index in [0.717, 1.165) is 38.1 Å². The zero-order chi connectivity index (χ0) is 18.7. The van der Waals surface area contributed by atoms with E-state index in [1.807, 2.05) is 0 Å². The van der Waals surface area contributed by atoms with Crippen LogP contribution in [-0.2, 0) is 6.18 Å². The van der Waals surface area contributed by atoms with Crippen molar-refractivity contribution in [1.82, 2.24) is 9.97 Å². The van der Waals surface area contributed by atoms with Crippen molar-refractivity contribution in [1.29, 1.82) is 0 Å². The molecule has 2 aromatic rings. The zero-order valence-corrected chi connectivity index (χ0v) is 14.3. The van der Waals surface area contributed by atoms with Crippen molar-refractivity contribution in [2.75, 3.05) is 23.3 Å². The van der Waals surface area contributed by atoms with Crippen LogP contribution in [0.1, 0.15) is 35.7 Å². The first-order chi connectivity index (χ1) is 12.3. The number of carbonyl (C=O) groups excluding carboxylic acids is 1. The predicted molar refractivity (Wildman–Crippen MR) is 92.0 cm³/mol. The summed E-state index contributed by atoms with van der Waals surface area (Å²) in [7, 11) is 0. The lowest BCUT2D eigenvalue weighted by Gasteiger charge is -2.31. The van der Waals surface area contributed by atoms with Crippen molar-refractivity contribution in [2.45, 2.75) is 25.9 Å². The minimum absolute atomic E-state index is 0.176. The molecule has 1 aliphatic rings. The van der Waals surface area contributed by atoms with Crippen molar-refractivity contribution in [3.05, 3.63) is 47.8 Å². The van der Waals surface area contributed by atoms with Crippen LogP contribution in [-0.4, -0.2) is 29.0 Å². The van der Waals surface area contributed by atoms with Crippen molar-refractivity contribution in [3.63, 3.8) is 0 Å². The molecule has 0 atom stereocenters. The highest BCUT2D eigenvalue weighted by Crippen LogP contribution is 2.32. The summed E-state index contributed by atoms with van der Waals surface area (Å²) in [5.74, 6) is 0.642. The first-order valence-electron chi connectivity index (χ1n) is 8.39. The number of carbonyl (C=O) groups is 1. The Kier molecular flexibility index (Phi) is 5.11. The normalized spacial score (nSPS) is 15.8. The maximum atomic E-state index is 13.1.